The lowest BCUT2D eigenvalue weighted by atomic mass is 10.3. The van der Waals surface area contributed by atoms with Gasteiger partial charge in [-0.3, -0.25) is 0 Å². The molecular weight excluding hydrogens is 356 g/mol. The SMILES string of the molecule is Cc1noc(NS(=O)(=O)c2ccc(Cl)c(Br)c2)c1C. The van der Waals surface area contributed by atoms with E-state index in [1.54, 1.807) is 13.8 Å². The number of hydrogen-bond donors (Lipinski definition) is 1. The van der Waals surface area contributed by atoms with Gasteiger partial charge >= 0.3 is 0 Å². The molecule has 19 heavy (non-hydrogen) atoms. The second kappa shape index (κ2) is 5.15. The van der Waals surface area contributed by atoms with Crippen molar-refractivity contribution in [1.29, 1.82) is 0 Å². The third-order valence-electron chi connectivity index (χ3n) is 2.59. The van der Waals surface area contributed by atoms with Gasteiger partial charge < -0.3 is 4.52 Å². The summed E-state index contributed by atoms with van der Waals surface area (Å²) >= 11 is 9.01. The zero-order valence-electron chi connectivity index (χ0n) is 10.1. The normalized spacial score (nSPS) is 11.6. The quantitative estimate of drug-likeness (QED) is 0.903. The smallest absolute Gasteiger partial charge is 0.264 e. The summed E-state index contributed by atoms with van der Waals surface area (Å²) < 4.78 is 32.1. The fraction of sp³-hybridized carbons (Fsp3) is 0.182. The molecule has 0 atom stereocenters. The van der Waals surface area contributed by atoms with E-state index in [1.165, 1.54) is 18.2 Å². The molecule has 1 heterocycles. The van der Waals surface area contributed by atoms with Gasteiger partial charge in [-0.1, -0.05) is 16.8 Å². The summed E-state index contributed by atoms with van der Waals surface area (Å²) in [6, 6.07) is 4.33. The molecule has 2 rings (SSSR count). The summed E-state index contributed by atoms with van der Waals surface area (Å²) in [6.45, 7) is 3.46. The molecule has 0 spiro atoms. The molecule has 2 aromatic rings. The van der Waals surface area contributed by atoms with E-state index in [4.69, 9.17) is 16.1 Å². The van der Waals surface area contributed by atoms with E-state index in [-0.39, 0.29) is 10.8 Å². The molecule has 102 valence electrons. The highest BCUT2D eigenvalue weighted by molar-refractivity contribution is 9.10. The molecule has 0 bridgehead atoms. The first-order valence-corrected chi connectivity index (χ1v) is 7.87. The summed E-state index contributed by atoms with van der Waals surface area (Å²) in [5.41, 5.74) is 1.28. The van der Waals surface area contributed by atoms with Gasteiger partial charge in [0.05, 0.1) is 15.6 Å². The highest BCUT2D eigenvalue weighted by atomic mass is 79.9. The van der Waals surface area contributed by atoms with Crippen LogP contribution in [-0.2, 0) is 10.0 Å². The van der Waals surface area contributed by atoms with Crippen molar-refractivity contribution in [3.63, 3.8) is 0 Å². The van der Waals surface area contributed by atoms with Crippen LogP contribution in [0.15, 0.2) is 32.1 Å². The predicted molar refractivity (Wildman–Crippen MR) is 75.9 cm³/mol. The number of sulfonamides is 1. The highest BCUT2D eigenvalue weighted by Gasteiger charge is 2.19. The average Bonchev–Trinajstić information content (AvgIpc) is 2.64. The van der Waals surface area contributed by atoms with Gasteiger partial charge in [-0.15, -0.1) is 0 Å². The van der Waals surface area contributed by atoms with Crippen LogP contribution in [0, 0.1) is 13.8 Å². The van der Waals surface area contributed by atoms with E-state index < -0.39 is 10.0 Å². The lowest BCUT2D eigenvalue weighted by Gasteiger charge is -2.06. The van der Waals surface area contributed by atoms with Crippen molar-refractivity contribution in [1.82, 2.24) is 5.16 Å². The topological polar surface area (TPSA) is 72.2 Å². The molecule has 0 aliphatic rings. The number of aryl methyl sites for hydroxylation is 1. The number of halogens is 2. The number of rotatable bonds is 3. The summed E-state index contributed by atoms with van der Waals surface area (Å²) in [5.74, 6) is 0.114. The van der Waals surface area contributed by atoms with Crippen molar-refractivity contribution >= 4 is 43.4 Å². The molecule has 1 aromatic carbocycles. The van der Waals surface area contributed by atoms with E-state index in [0.717, 1.165) is 0 Å². The zero-order valence-corrected chi connectivity index (χ0v) is 13.2. The lowest BCUT2D eigenvalue weighted by Crippen LogP contribution is -2.13. The Morgan fingerprint density at radius 3 is 2.58 bits per heavy atom. The molecule has 0 amide bonds. The van der Waals surface area contributed by atoms with Crippen molar-refractivity contribution in [2.45, 2.75) is 18.7 Å². The summed E-state index contributed by atoms with van der Waals surface area (Å²) in [7, 11) is -3.73. The number of aromatic nitrogens is 1. The molecule has 5 nitrogen and oxygen atoms in total. The largest absolute Gasteiger partial charge is 0.337 e. The van der Waals surface area contributed by atoms with Gasteiger partial charge in [0.25, 0.3) is 10.0 Å². The fourth-order valence-corrected chi connectivity index (χ4v) is 3.06. The van der Waals surface area contributed by atoms with Crippen LogP contribution in [0.4, 0.5) is 5.88 Å². The number of hydrogen-bond acceptors (Lipinski definition) is 4. The maximum Gasteiger partial charge on any atom is 0.264 e. The van der Waals surface area contributed by atoms with Crippen LogP contribution >= 0.6 is 27.5 Å². The van der Waals surface area contributed by atoms with Gasteiger partial charge in [0.1, 0.15) is 0 Å². The fourth-order valence-electron chi connectivity index (χ4n) is 1.34. The highest BCUT2D eigenvalue weighted by Crippen LogP contribution is 2.27. The number of anilines is 1. The second-order valence-electron chi connectivity index (χ2n) is 3.90. The maximum absolute atomic E-state index is 12.2. The monoisotopic (exact) mass is 364 g/mol. The zero-order chi connectivity index (χ0) is 14.2. The van der Waals surface area contributed by atoms with Gasteiger partial charge in [0.2, 0.25) is 5.88 Å². The number of nitrogens with one attached hydrogen (secondary N) is 1. The van der Waals surface area contributed by atoms with Crippen LogP contribution in [0.25, 0.3) is 0 Å². The number of benzene rings is 1. The van der Waals surface area contributed by atoms with Crippen molar-refractivity contribution < 1.29 is 12.9 Å². The molecule has 0 aliphatic carbocycles. The second-order valence-corrected chi connectivity index (χ2v) is 6.85. The molecule has 0 saturated heterocycles. The Balaban J connectivity index is 2.37. The Morgan fingerprint density at radius 1 is 1.37 bits per heavy atom. The Hall–Kier alpha value is -1.05. The molecule has 0 unspecified atom stereocenters. The van der Waals surface area contributed by atoms with Gasteiger partial charge in [0.15, 0.2) is 0 Å². The minimum Gasteiger partial charge on any atom is -0.337 e. The third kappa shape index (κ3) is 2.93. The Labute approximate surface area is 124 Å². The molecule has 0 saturated carbocycles. The number of nitrogens with zero attached hydrogens (tertiary/aromatic N) is 1. The lowest BCUT2D eigenvalue weighted by molar-refractivity contribution is 0.430. The predicted octanol–water partition coefficient (Wildman–Crippen LogP) is 3.51. The first kappa shape index (κ1) is 14.4. The molecule has 0 radical (unpaired) electrons. The van der Waals surface area contributed by atoms with E-state index >= 15 is 0 Å². The van der Waals surface area contributed by atoms with Crippen molar-refractivity contribution in [3.8, 4) is 0 Å². The first-order valence-electron chi connectivity index (χ1n) is 5.22. The van der Waals surface area contributed by atoms with Gasteiger partial charge in [-0.25, -0.2) is 13.1 Å². The molecule has 0 aliphatic heterocycles. The van der Waals surface area contributed by atoms with Crippen molar-refractivity contribution in [2.75, 3.05) is 4.72 Å². The Bertz CT molecular complexity index is 728. The van der Waals surface area contributed by atoms with Crippen LogP contribution in [0.3, 0.4) is 0 Å². The van der Waals surface area contributed by atoms with E-state index in [2.05, 4.69) is 25.8 Å². The Kier molecular flexibility index (Phi) is 3.89. The van der Waals surface area contributed by atoms with Crippen molar-refractivity contribution in [2.24, 2.45) is 0 Å². The molecule has 1 N–H and O–H groups in total. The third-order valence-corrected chi connectivity index (χ3v) is 5.13. The van der Waals surface area contributed by atoms with Crippen molar-refractivity contribution in [3.05, 3.63) is 39.0 Å². The summed E-state index contributed by atoms with van der Waals surface area (Å²) in [4.78, 5) is 0.0808. The van der Waals surface area contributed by atoms with Crippen LogP contribution < -0.4 is 4.72 Å². The van der Waals surface area contributed by atoms with E-state index in [1.807, 2.05) is 0 Å². The minimum atomic E-state index is -3.73. The van der Waals surface area contributed by atoms with Gasteiger partial charge in [-0.05, 0) is 48.0 Å². The molecular formula is C11H10BrClN2O3S. The average molecular weight is 366 g/mol. The first-order chi connectivity index (χ1) is 8.81. The molecule has 1 aromatic heterocycles. The van der Waals surface area contributed by atoms with E-state index in [9.17, 15) is 8.42 Å². The molecule has 0 fully saturated rings. The van der Waals surface area contributed by atoms with Crippen LogP contribution in [0.5, 0.6) is 0 Å². The van der Waals surface area contributed by atoms with Crippen LogP contribution in [0.1, 0.15) is 11.3 Å². The maximum atomic E-state index is 12.2. The standard InChI is InChI=1S/C11H10BrClN2O3S/c1-6-7(2)14-18-11(6)15-19(16,17)8-3-4-10(13)9(12)5-8/h3-5,15H,1-2H3. The van der Waals surface area contributed by atoms with Gasteiger partial charge in [-0.2, -0.15) is 0 Å². The summed E-state index contributed by atoms with van der Waals surface area (Å²) in [6.07, 6.45) is 0. The van der Waals surface area contributed by atoms with Crippen LogP contribution in [-0.4, -0.2) is 13.6 Å². The minimum absolute atomic E-state index is 0.0808. The molecule has 8 heteroatoms. The van der Waals surface area contributed by atoms with E-state index in [0.29, 0.717) is 20.8 Å². The van der Waals surface area contributed by atoms with Crippen LogP contribution in [0.2, 0.25) is 5.02 Å². The van der Waals surface area contributed by atoms with Gasteiger partial charge in [0, 0.05) is 10.0 Å². The Morgan fingerprint density at radius 2 is 2.05 bits per heavy atom. The summed E-state index contributed by atoms with van der Waals surface area (Å²) in [5, 5.41) is 4.13.